The molecule has 0 radical (unpaired) electrons. The highest BCUT2D eigenvalue weighted by Crippen LogP contribution is 2.20. The largest absolute Gasteiger partial charge is 0.359 e. The number of hydrogen-bond donors (Lipinski definition) is 1. The minimum Gasteiger partial charge on any atom is -0.359 e. The maximum Gasteiger partial charge on any atom is 0.254 e. The van der Waals surface area contributed by atoms with Crippen molar-refractivity contribution in [3.63, 3.8) is 0 Å². The van der Waals surface area contributed by atoms with Gasteiger partial charge in [0.2, 0.25) is 5.91 Å². The van der Waals surface area contributed by atoms with E-state index in [1.807, 2.05) is 6.92 Å². The summed E-state index contributed by atoms with van der Waals surface area (Å²) < 4.78 is 0. The molecule has 1 unspecified atom stereocenters. The molecule has 114 valence electrons. The molecule has 1 atom stereocenters. The molecular formula is C15H20ClN3O2. The third kappa shape index (κ3) is 3.73. The predicted molar refractivity (Wildman–Crippen MR) is 81.3 cm³/mol. The maximum atomic E-state index is 12.6. The number of carbonyl (C=O) groups is 2. The van der Waals surface area contributed by atoms with E-state index in [0.29, 0.717) is 23.8 Å². The van der Waals surface area contributed by atoms with Gasteiger partial charge in [-0.1, -0.05) is 18.5 Å². The molecule has 0 saturated carbocycles. The fourth-order valence-corrected chi connectivity index (χ4v) is 2.84. The molecule has 0 aromatic carbocycles. The van der Waals surface area contributed by atoms with Crippen LogP contribution >= 0.6 is 11.6 Å². The van der Waals surface area contributed by atoms with Gasteiger partial charge in [-0.25, -0.2) is 4.98 Å². The highest BCUT2D eigenvalue weighted by atomic mass is 35.5. The minimum atomic E-state index is -0.129. The molecule has 0 bridgehead atoms. The summed E-state index contributed by atoms with van der Waals surface area (Å²) in [5.41, 5.74) is 1.34. The van der Waals surface area contributed by atoms with E-state index in [-0.39, 0.29) is 17.7 Å². The van der Waals surface area contributed by atoms with Crippen molar-refractivity contribution in [1.82, 2.24) is 15.2 Å². The number of rotatable bonds is 3. The van der Waals surface area contributed by atoms with Crippen molar-refractivity contribution < 1.29 is 9.59 Å². The summed E-state index contributed by atoms with van der Waals surface area (Å²) in [5, 5.41) is 2.98. The first-order chi connectivity index (χ1) is 10.0. The Morgan fingerprint density at radius 3 is 2.90 bits per heavy atom. The SMILES string of the molecule is CCc1cc(C(=O)N2CCCC(C(=O)NC)C2)cc(Cl)n1. The molecule has 21 heavy (non-hydrogen) atoms. The van der Waals surface area contributed by atoms with Crippen molar-refractivity contribution >= 4 is 23.4 Å². The van der Waals surface area contributed by atoms with Gasteiger partial charge in [-0.15, -0.1) is 0 Å². The fourth-order valence-electron chi connectivity index (χ4n) is 2.62. The number of nitrogens with one attached hydrogen (secondary N) is 1. The van der Waals surface area contributed by atoms with Crippen LogP contribution in [-0.4, -0.2) is 41.8 Å². The number of pyridine rings is 1. The molecule has 2 amide bonds. The third-order valence-corrected chi connectivity index (χ3v) is 3.98. The number of aryl methyl sites for hydroxylation is 1. The third-order valence-electron chi connectivity index (χ3n) is 3.78. The zero-order valence-corrected chi connectivity index (χ0v) is 13.1. The average Bonchev–Trinajstić information content (AvgIpc) is 2.52. The summed E-state index contributed by atoms with van der Waals surface area (Å²) in [6.07, 6.45) is 2.38. The fraction of sp³-hybridized carbons (Fsp3) is 0.533. The van der Waals surface area contributed by atoms with Gasteiger partial charge in [0.05, 0.1) is 5.92 Å². The Kier molecular flexibility index (Phi) is 5.17. The number of carbonyl (C=O) groups excluding carboxylic acids is 2. The van der Waals surface area contributed by atoms with E-state index >= 15 is 0 Å². The Morgan fingerprint density at radius 2 is 2.24 bits per heavy atom. The van der Waals surface area contributed by atoms with Gasteiger partial charge in [0.1, 0.15) is 5.15 Å². The second-order valence-electron chi connectivity index (χ2n) is 5.23. The molecule has 1 fully saturated rings. The van der Waals surface area contributed by atoms with Gasteiger partial charge in [-0.3, -0.25) is 9.59 Å². The highest BCUT2D eigenvalue weighted by Gasteiger charge is 2.28. The second-order valence-corrected chi connectivity index (χ2v) is 5.62. The molecular weight excluding hydrogens is 290 g/mol. The van der Waals surface area contributed by atoms with Crippen LogP contribution < -0.4 is 5.32 Å². The predicted octanol–water partition coefficient (Wildman–Crippen LogP) is 1.90. The molecule has 0 aliphatic carbocycles. The quantitative estimate of drug-likeness (QED) is 0.867. The van der Waals surface area contributed by atoms with Crippen molar-refractivity contribution in [2.24, 2.45) is 5.92 Å². The van der Waals surface area contributed by atoms with Crippen LogP contribution in [0, 0.1) is 5.92 Å². The van der Waals surface area contributed by atoms with E-state index in [1.54, 1.807) is 24.1 Å². The Labute approximate surface area is 129 Å². The highest BCUT2D eigenvalue weighted by molar-refractivity contribution is 6.29. The van der Waals surface area contributed by atoms with Gasteiger partial charge in [0.25, 0.3) is 5.91 Å². The monoisotopic (exact) mass is 309 g/mol. The first kappa shape index (κ1) is 15.8. The zero-order chi connectivity index (χ0) is 15.4. The molecule has 1 N–H and O–H groups in total. The molecule has 1 aliphatic rings. The molecule has 2 rings (SSSR count). The van der Waals surface area contributed by atoms with Crippen LogP contribution in [-0.2, 0) is 11.2 Å². The maximum absolute atomic E-state index is 12.6. The number of piperidine rings is 1. The van der Waals surface area contributed by atoms with Gasteiger partial charge in [-0.2, -0.15) is 0 Å². The lowest BCUT2D eigenvalue weighted by Crippen LogP contribution is -2.44. The van der Waals surface area contributed by atoms with Crippen molar-refractivity contribution in [1.29, 1.82) is 0 Å². The Hall–Kier alpha value is -1.62. The molecule has 1 saturated heterocycles. The summed E-state index contributed by atoms with van der Waals surface area (Å²) in [4.78, 5) is 30.2. The topological polar surface area (TPSA) is 62.3 Å². The van der Waals surface area contributed by atoms with E-state index in [0.717, 1.165) is 25.0 Å². The van der Waals surface area contributed by atoms with Crippen LogP contribution in [0.25, 0.3) is 0 Å². The Bertz CT molecular complexity index is 548. The summed E-state index contributed by atoms with van der Waals surface area (Å²) >= 11 is 5.97. The van der Waals surface area contributed by atoms with Gasteiger partial charge in [0, 0.05) is 31.4 Å². The van der Waals surface area contributed by atoms with Crippen molar-refractivity contribution in [3.05, 3.63) is 28.5 Å². The first-order valence-electron chi connectivity index (χ1n) is 7.22. The van der Waals surface area contributed by atoms with Crippen LogP contribution in [0.5, 0.6) is 0 Å². The summed E-state index contributed by atoms with van der Waals surface area (Å²) in [6, 6.07) is 3.37. The van der Waals surface area contributed by atoms with Crippen LogP contribution in [0.4, 0.5) is 0 Å². The molecule has 1 aromatic rings. The average molecular weight is 310 g/mol. The van der Waals surface area contributed by atoms with Crippen LogP contribution in [0.3, 0.4) is 0 Å². The molecule has 5 nitrogen and oxygen atoms in total. The first-order valence-corrected chi connectivity index (χ1v) is 7.60. The summed E-state index contributed by atoms with van der Waals surface area (Å²) in [5.74, 6) is -0.215. The molecule has 6 heteroatoms. The van der Waals surface area contributed by atoms with Crippen molar-refractivity contribution in [3.8, 4) is 0 Å². The van der Waals surface area contributed by atoms with Gasteiger partial charge < -0.3 is 10.2 Å². The molecule has 2 heterocycles. The molecule has 0 spiro atoms. The van der Waals surface area contributed by atoms with E-state index in [1.165, 1.54) is 0 Å². The molecule has 1 aromatic heterocycles. The minimum absolute atomic E-state index is 0.00509. The van der Waals surface area contributed by atoms with Crippen LogP contribution in [0.15, 0.2) is 12.1 Å². The van der Waals surface area contributed by atoms with Gasteiger partial charge >= 0.3 is 0 Å². The number of likely N-dealkylation sites (tertiary alicyclic amines) is 1. The number of amides is 2. The summed E-state index contributed by atoms with van der Waals surface area (Å²) in [6.45, 7) is 3.10. The van der Waals surface area contributed by atoms with Crippen molar-refractivity contribution in [2.75, 3.05) is 20.1 Å². The number of nitrogens with zero attached hydrogens (tertiary/aromatic N) is 2. The van der Waals surface area contributed by atoms with E-state index in [2.05, 4.69) is 10.3 Å². The normalized spacial score (nSPS) is 18.4. The smallest absolute Gasteiger partial charge is 0.254 e. The number of hydrogen-bond acceptors (Lipinski definition) is 3. The van der Waals surface area contributed by atoms with Crippen LogP contribution in [0.2, 0.25) is 5.15 Å². The lowest BCUT2D eigenvalue weighted by atomic mass is 9.96. The molecule has 1 aliphatic heterocycles. The standard InChI is InChI=1S/C15H20ClN3O2/c1-3-12-7-11(8-13(16)18-12)15(21)19-6-4-5-10(9-19)14(20)17-2/h7-8,10H,3-6,9H2,1-2H3,(H,17,20). The zero-order valence-electron chi connectivity index (χ0n) is 12.4. The lowest BCUT2D eigenvalue weighted by molar-refractivity contribution is -0.125. The number of aromatic nitrogens is 1. The summed E-state index contributed by atoms with van der Waals surface area (Å²) in [7, 11) is 1.62. The van der Waals surface area contributed by atoms with Crippen LogP contribution in [0.1, 0.15) is 35.8 Å². The Morgan fingerprint density at radius 1 is 1.48 bits per heavy atom. The van der Waals surface area contributed by atoms with Gasteiger partial charge in [0.15, 0.2) is 0 Å². The number of halogens is 1. The van der Waals surface area contributed by atoms with E-state index in [9.17, 15) is 9.59 Å². The van der Waals surface area contributed by atoms with E-state index in [4.69, 9.17) is 11.6 Å². The van der Waals surface area contributed by atoms with Crippen molar-refractivity contribution in [2.45, 2.75) is 26.2 Å². The lowest BCUT2D eigenvalue weighted by Gasteiger charge is -2.32. The Balaban J connectivity index is 2.15. The van der Waals surface area contributed by atoms with Gasteiger partial charge in [-0.05, 0) is 31.4 Å². The second kappa shape index (κ2) is 6.89. The van der Waals surface area contributed by atoms with E-state index < -0.39 is 0 Å².